The molecule has 0 aliphatic carbocycles. The molecule has 0 aliphatic rings. The van der Waals surface area contributed by atoms with Gasteiger partial charge in [0.15, 0.2) is 0 Å². The maximum atomic E-state index is 11.5. The van der Waals surface area contributed by atoms with Crippen molar-refractivity contribution < 1.29 is 19.4 Å². The number of ether oxygens (including phenoxy) is 1. The van der Waals surface area contributed by atoms with Crippen molar-refractivity contribution in [2.75, 3.05) is 18.0 Å². The molecule has 11 nitrogen and oxygen atoms in total. The van der Waals surface area contributed by atoms with Gasteiger partial charge in [-0.3, -0.25) is 25.0 Å². The van der Waals surface area contributed by atoms with Crippen LogP contribution in [0, 0.1) is 20.2 Å². The Kier molecular flexibility index (Phi) is 7.48. The summed E-state index contributed by atoms with van der Waals surface area (Å²) in [5.41, 5.74) is 0.794. The van der Waals surface area contributed by atoms with E-state index in [4.69, 9.17) is 4.74 Å². The van der Waals surface area contributed by atoms with Crippen LogP contribution in [0.25, 0.3) is 0 Å². The highest BCUT2D eigenvalue weighted by Gasteiger charge is 2.25. The average molecular weight is 419 g/mol. The number of carbonyl (C=O) groups is 1. The quantitative estimate of drug-likeness (QED) is 0.176. The summed E-state index contributed by atoms with van der Waals surface area (Å²) in [5.74, 6) is -0.379. The highest BCUT2D eigenvalue weighted by atomic mass is 32.1. The number of nitrogens with zero attached hydrogens (tertiary/aromatic N) is 5. The van der Waals surface area contributed by atoms with Crippen LogP contribution in [0.2, 0.25) is 0 Å². The maximum Gasteiger partial charge on any atom is 0.333 e. The number of benzene rings is 1. The van der Waals surface area contributed by atoms with Gasteiger partial charge in [0.25, 0.3) is 0 Å². The second-order valence-electron chi connectivity index (χ2n) is 5.49. The fourth-order valence-electron chi connectivity index (χ4n) is 2.33. The third kappa shape index (κ3) is 5.90. The number of rotatable bonds is 10. The number of esters is 1. The molecule has 0 N–H and O–H groups in total. The van der Waals surface area contributed by atoms with Gasteiger partial charge in [0.05, 0.1) is 28.2 Å². The molecule has 0 unspecified atom stereocenters. The first-order valence-corrected chi connectivity index (χ1v) is 9.17. The number of thiophene rings is 1. The molecule has 1 aromatic heterocycles. The van der Waals surface area contributed by atoms with Crippen LogP contribution < -0.4 is 4.90 Å². The first-order chi connectivity index (χ1) is 13.8. The van der Waals surface area contributed by atoms with E-state index in [2.05, 4.69) is 16.8 Å². The molecule has 0 amide bonds. The standard InChI is InChI=1S/C17H17N5O6S/c1-3-20(10-9-16(23)28-4-2)13-7-5-12(6-8-13)18-19-17-14(21(24)25)11-15(29-17)22(26)27/h4-8,11H,2-3,9-10H2,1H3/b19-18+. The van der Waals surface area contributed by atoms with Gasteiger partial charge < -0.3 is 9.64 Å². The van der Waals surface area contributed by atoms with Crippen molar-refractivity contribution in [1.29, 1.82) is 0 Å². The Morgan fingerprint density at radius 2 is 1.93 bits per heavy atom. The number of anilines is 1. The highest BCUT2D eigenvalue weighted by Crippen LogP contribution is 2.41. The molecule has 2 rings (SSSR count). The molecule has 29 heavy (non-hydrogen) atoms. The predicted octanol–water partition coefficient (Wildman–Crippen LogP) is 4.88. The van der Waals surface area contributed by atoms with Gasteiger partial charge in [0.2, 0.25) is 5.00 Å². The van der Waals surface area contributed by atoms with Crippen molar-refractivity contribution in [3.05, 3.63) is 63.4 Å². The second kappa shape index (κ2) is 10.0. The molecule has 1 aromatic carbocycles. The minimum Gasteiger partial charge on any atom is -0.435 e. The zero-order valence-corrected chi connectivity index (χ0v) is 16.2. The number of azo groups is 1. The van der Waals surface area contributed by atoms with Crippen molar-refractivity contribution in [3.8, 4) is 0 Å². The molecular formula is C17H17N5O6S. The Balaban J connectivity index is 2.12. The molecule has 0 fully saturated rings. The first-order valence-electron chi connectivity index (χ1n) is 8.35. The molecule has 0 radical (unpaired) electrons. The summed E-state index contributed by atoms with van der Waals surface area (Å²) in [5, 5.41) is 29.0. The zero-order valence-electron chi connectivity index (χ0n) is 15.4. The van der Waals surface area contributed by atoms with E-state index in [1.165, 1.54) is 0 Å². The molecule has 0 saturated heterocycles. The molecule has 0 bridgehead atoms. The Hall–Kier alpha value is -3.67. The van der Waals surface area contributed by atoms with Crippen molar-refractivity contribution in [1.82, 2.24) is 0 Å². The van der Waals surface area contributed by atoms with E-state index in [1.807, 2.05) is 11.8 Å². The third-order valence-corrected chi connectivity index (χ3v) is 4.67. The first kappa shape index (κ1) is 21.6. The average Bonchev–Trinajstić information content (AvgIpc) is 3.13. The molecule has 2 aromatic rings. The lowest BCUT2D eigenvalue weighted by atomic mass is 10.2. The van der Waals surface area contributed by atoms with E-state index in [0.29, 0.717) is 30.1 Å². The minimum absolute atomic E-state index is 0.151. The molecule has 0 atom stereocenters. The van der Waals surface area contributed by atoms with E-state index in [-0.39, 0.29) is 22.4 Å². The zero-order chi connectivity index (χ0) is 21.4. The van der Waals surface area contributed by atoms with E-state index in [0.717, 1.165) is 18.0 Å². The lowest BCUT2D eigenvalue weighted by molar-refractivity contribution is -0.389. The predicted molar refractivity (Wildman–Crippen MR) is 107 cm³/mol. The van der Waals surface area contributed by atoms with Crippen molar-refractivity contribution in [2.45, 2.75) is 13.3 Å². The highest BCUT2D eigenvalue weighted by molar-refractivity contribution is 7.19. The van der Waals surface area contributed by atoms with Gasteiger partial charge in [0, 0.05) is 18.8 Å². The molecule has 152 valence electrons. The third-order valence-electron chi connectivity index (χ3n) is 3.71. The summed E-state index contributed by atoms with van der Waals surface area (Å²) in [7, 11) is 0. The SMILES string of the molecule is C=COC(=O)CCN(CC)c1ccc(/N=N/c2sc([N+](=O)[O-])cc2[N+](=O)[O-])cc1. The van der Waals surface area contributed by atoms with E-state index < -0.39 is 15.5 Å². The second-order valence-corrected chi connectivity index (χ2v) is 6.50. The lowest BCUT2D eigenvalue weighted by Gasteiger charge is -2.22. The Bertz CT molecular complexity index is 940. The van der Waals surface area contributed by atoms with Crippen molar-refractivity contribution in [3.63, 3.8) is 0 Å². The summed E-state index contributed by atoms with van der Waals surface area (Å²) in [6.07, 6.45) is 1.28. The molecule has 0 saturated carbocycles. The van der Waals surface area contributed by atoms with Crippen LogP contribution in [0.4, 0.5) is 27.1 Å². The van der Waals surface area contributed by atoms with Gasteiger partial charge in [0.1, 0.15) is 6.07 Å². The smallest absolute Gasteiger partial charge is 0.333 e. The summed E-state index contributed by atoms with van der Waals surface area (Å²) >= 11 is 0.580. The van der Waals surface area contributed by atoms with Crippen LogP contribution in [0.15, 0.2) is 53.4 Å². The van der Waals surface area contributed by atoms with Crippen molar-refractivity contribution in [2.24, 2.45) is 10.2 Å². The normalized spacial score (nSPS) is 10.7. The summed E-state index contributed by atoms with van der Waals surface area (Å²) in [6.45, 7) is 6.39. The van der Waals surface area contributed by atoms with E-state index in [9.17, 15) is 25.0 Å². The molecule has 0 aliphatic heterocycles. The van der Waals surface area contributed by atoms with Crippen LogP contribution in [0.5, 0.6) is 0 Å². The Morgan fingerprint density at radius 3 is 2.48 bits per heavy atom. The molecule has 1 heterocycles. The van der Waals surface area contributed by atoms with Gasteiger partial charge >= 0.3 is 16.7 Å². The van der Waals surface area contributed by atoms with Gasteiger partial charge in [-0.15, -0.1) is 10.2 Å². The summed E-state index contributed by atoms with van der Waals surface area (Å²) in [6, 6.07) is 7.69. The molecule has 0 spiro atoms. The topological polar surface area (TPSA) is 141 Å². The van der Waals surface area contributed by atoms with Crippen LogP contribution in [0.3, 0.4) is 0 Å². The summed E-state index contributed by atoms with van der Waals surface area (Å²) < 4.78 is 4.69. The molecule has 12 heteroatoms. The number of carbonyl (C=O) groups excluding carboxylic acids is 1. The molecular weight excluding hydrogens is 402 g/mol. The Labute approximate surface area is 169 Å². The Morgan fingerprint density at radius 1 is 1.24 bits per heavy atom. The maximum absolute atomic E-state index is 11.5. The number of nitro groups is 2. The van der Waals surface area contributed by atoms with Crippen molar-refractivity contribution >= 4 is 44.4 Å². The van der Waals surface area contributed by atoms with E-state index >= 15 is 0 Å². The van der Waals surface area contributed by atoms with Crippen LogP contribution >= 0.6 is 11.3 Å². The summed E-state index contributed by atoms with van der Waals surface area (Å²) in [4.78, 5) is 33.8. The minimum atomic E-state index is -0.739. The van der Waals surface area contributed by atoms with Crippen LogP contribution in [0.1, 0.15) is 13.3 Å². The van der Waals surface area contributed by atoms with E-state index in [1.54, 1.807) is 24.3 Å². The number of hydrogen-bond donors (Lipinski definition) is 0. The van der Waals surface area contributed by atoms with Crippen LogP contribution in [-0.2, 0) is 9.53 Å². The van der Waals surface area contributed by atoms with Gasteiger partial charge in [-0.1, -0.05) is 6.58 Å². The van der Waals surface area contributed by atoms with Gasteiger partial charge in [-0.2, -0.15) is 0 Å². The monoisotopic (exact) mass is 419 g/mol. The fraction of sp³-hybridized carbons (Fsp3) is 0.235. The van der Waals surface area contributed by atoms with Gasteiger partial charge in [-0.25, -0.2) is 0 Å². The lowest BCUT2D eigenvalue weighted by Crippen LogP contribution is -2.25. The van der Waals surface area contributed by atoms with Gasteiger partial charge in [-0.05, 0) is 42.5 Å². The number of hydrogen-bond acceptors (Lipinski definition) is 10. The van der Waals surface area contributed by atoms with Crippen LogP contribution in [-0.4, -0.2) is 28.9 Å². The fourth-order valence-corrected chi connectivity index (χ4v) is 3.10. The largest absolute Gasteiger partial charge is 0.435 e.